The molecule has 6 atom stereocenters. The molecule has 1 aliphatic heterocycles. The summed E-state index contributed by atoms with van der Waals surface area (Å²) in [4.78, 5) is 16.9. The SMILES string of the molecule is CC(C(=O)C1c2ccccc2CCC1(C)C)C1C(C)C(C)N(Cc2ccccc2)C(C)C1C. The molecular formula is C31H43NO. The molecule has 0 bridgehead atoms. The molecule has 1 fully saturated rings. The Kier molecular flexibility index (Phi) is 6.87. The van der Waals surface area contributed by atoms with Crippen LogP contribution in [0.25, 0.3) is 0 Å². The van der Waals surface area contributed by atoms with E-state index in [1.807, 2.05) is 0 Å². The van der Waals surface area contributed by atoms with Gasteiger partial charge >= 0.3 is 0 Å². The Morgan fingerprint density at radius 3 is 2.15 bits per heavy atom. The van der Waals surface area contributed by atoms with Gasteiger partial charge in [-0.25, -0.2) is 0 Å². The van der Waals surface area contributed by atoms with Gasteiger partial charge in [0.25, 0.3) is 0 Å². The molecule has 1 aliphatic carbocycles. The van der Waals surface area contributed by atoms with Crippen molar-refractivity contribution >= 4 is 5.78 Å². The summed E-state index contributed by atoms with van der Waals surface area (Å²) >= 11 is 0. The van der Waals surface area contributed by atoms with Gasteiger partial charge in [-0.1, -0.05) is 89.2 Å². The summed E-state index contributed by atoms with van der Waals surface area (Å²) < 4.78 is 0. The van der Waals surface area contributed by atoms with Crippen molar-refractivity contribution in [3.63, 3.8) is 0 Å². The summed E-state index contributed by atoms with van der Waals surface area (Å²) in [5.41, 5.74) is 4.05. The van der Waals surface area contributed by atoms with Gasteiger partial charge in [0.2, 0.25) is 0 Å². The van der Waals surface area contributed by atoms with E-state index in [2.05, 4.69) is 108 Å². The maximum Gasteiger partial charge on any atom is 0.143 e. The highest BCUT2D eigenvalue weighted by Gasteiger charge is 2.49. The van der Waals surface area contributed by atoms with Crippen LogP contribution in [0.5, 0.6) is 0 Å². The Labute approximate surface area is 201 Å². The third kappa shape index (κ3) is 4.44. The van der Waals surface area contributed by atoms with E-state index in [-0.39, 0.29) is 17.3 Å². The Morgan fingerprint density at radius 2 is 1.52 bits per heavy atom. The lowest BCUT2D eigenvalue weighted by Gasteiger charge is -2.53. The molecule has 0 saturated carbocycles. The minimum absolute atomic E-state index is 0.00445. The van der Waals surface area contributed by atoms with E-state index >= 15 is 0 Å². The van der Waals surface area contributed by atoms with Crippen LogP contribution in [0.3, 0.4) is 0 Å². The van der Waals surface area contributed by atoms with Crippen molar-refractivity contribution in [3.8, 4) is 0 Å². The normalized spacial score (nSPS) is 32.7. The van der Waals surface area contributed by atoms with Gasteiger partial charge in [-0.15, -0.1) is 0 Å². The van der Waals surface area contributed by atoms with Gasteiger partial charge in [0, 0.05) is 30.5 Å². The molecule has 6 unspecified atom stereocenters. The summed E-state index contributed by atoms with van der Waals surface area (Å²) in [6, 6.07) is 20.4. The Hall–Kier alpha value is -1.93. The van der Waals surface area contributed by atoms with Crippen LogP contribution in [0.15, 0.2) is 54.6 Å². The van der Waals surface area contributed by atoms with Crippen molar-refractivity contribution in [2.75, 3.05) is 0 Å². The van der Waals surface area contributed by atoms with Gasteiger partial charge in [-0.2, -0.15) is 0 Å². The van der Waals surface area contributed by atoms with Gasteiger partial charge in [-0.05, 0) is 66.5 Å². The molecule has 33 heavy (non-hydrogen) atoms. The number of rotatable bonds is 5. The molecule has 0 amide bonds. The molecule has 1 saturated heterocycles. The van der Waals surface area contributed by atoms with Gasteiger partial charge < -0.3 is 0 Å². The second kappa shape index (κ2) is 9.37. The average Bonchev–Trinajstić information content (AvgIpc) is 2.80. The van der Waals surface area contributed by atoms with E-state index in [1.165, 1.54) is 16.7 Å². The van der Waals surface area contributed by atoms with Crippen LogP contribution in [0.2, 0.25) is 0 Å². The number of hydrogen-bond donors (Lipinski definition) is 0. The summed E-state index contributed by atoms with van der Waals surface area (Å²) in [7, 11) is 0. The minimum Gasteiger partial charge on any atom is -0.299 e. The zero-order chi connectivity index (χ0) is 23.9. The number of carbonyl (C=O) groups excluding carboxylic acids is 1. The number of piperidine rings is 1. The number of ketones is 1. The van der Waals surface area contributed by atoms with Crippen molar-refractivity contribution in [1.29, 1.82) is 0 Å². The molecule has 2 aromatic rings. The van der Waals surface area contributed by atoms with E-state index in [0.29, 0.717) is 35.6 Å². The molecule has 2 aliphatic rings. The smallest absolute Gasteiger partial charge is 0.143 e. The van der Waals surface area contributed by atoms with E-state index < -0.39 is 0 Å². The van der Waals surface area contributed by atoms with Crippen molar-refractivity contribution in [3.05, 3.63) is 71.3 Å². The molecule has 1 heterocycles. The molecule has 2 heteroatoms. The van der Waals surface area contributed by atoms with E-state index in [9.17, 15) is 4.79 Å². The third-order valence-corrected chi connectivity index (χ3v) is 9.49. The molecule has 0 aromatic heterocycles. The highest BCUT2D eigenvalue weighted by Crippen LogP contribution is 2.50. The standard InChI is InChI=1S/C31H43NO/c1-20-23(4)32(19-25-13-9-8-10-14-25)24(5)21(2)28(20)22(3)30(33)29-27-16-12-11-15-26(27)17-18-31(29,6)7/h8-16,20-24,28-29H,17-19H2,1-7H3. The molecular weight excluding hydrogens is 402 g/mol. The number of benzene rings is 2. The quantitative estimate of drug-likeness (QED) is 0.488. The number of aryl methyl sites for hydroxylation is 1. The highest BCUT2D eigenvalue weighted by atomic mass is 16.1. The monoisotopic (exact) mass is 445 g/mol. The van der Waals surface area contributed by atoms with Crippen molar-refractivity contribution in [1.82, 2.24) is 4.90 Å². The van der Waals surface area contributed by atoms with Gasteiger partial charge in [0.05, 0.1) is 0 Å². The van der Waals surface area contributed by atoms with Crippen LogP contribution < -0.4 is 0 Å². The fourth-order valence-corrected chi connectivity index (χ4v) is 7.15. The number of Topliss-reactive ketones (excluding diaryl/α,β-unsaturated/α-hetero) is 1. The number of hydrogen-bond acceptors (Lipinski definition) is 2. The van der Waals surface area contributed by atoms with E-state index in [1.54, 1.807) is 0 Å². The number of nitrogens with zero attached hydrogens (tertiary/aromatic N) is 1. The number of likely N-dealkylation sites (tertiary alicyclic amines) is 1. The highest BCUT2D eigenvalue weighted by molar-refractivity contribution is 5.89. The summed E-state index contributed by atoms with van der Waals surface area (Å²) in [5.74, 6) is 1.88. The number of fused-ring (bicyclic) bond motifs is 1. The summed E-state index contributed by atoms with van der Waals surface area (Å²) in [5, 5.41) is 0. The van der Waals surface area contributed by atoms with Gasteiger partial charge in [0.15, 0.2) is 0 Å². The topological polar surface area (TPSA) is 20.3 Å². The molecule has 0 spiro atoms. The maximum atomic E-state index is 14.2. The predicted octanol–water partition coefficient (Wildman–Crippen LogP) is 7.13. The average molecular weight is 446 g/mol. The predicted molar refractivity (Wildman–Crippen MR) is 138 cm³/mol. The zero-order valence-electron chi connectivity index (χ0n) is 21.7. The van der Waals surface area contributed by atoms with Crippen molar-refractivity contribution < 1.29 is 4.79 Å². The van der Waals surface area contributed by atoms with Crippen molar-refractivity contribution in [2.24, 2.45) is 29.1 Å². The molecule has 4 rings (SSSR count). The summed E-state index contributed by atoms with van der Waals surface area (Å²) in [6.45, 7) is 17.4. The lowest BCUT2D eigenvalue weighted by molar-refractivity contribution is -0.133. The van der Waals surface area contributed by atoms with Crippen molar-refractivity contribution in [2.45, 2.75) is 85.9 Å². The second-order valence-corrected chi connectivity index (χ2v) is 11.7. The maximum absolute atomic E-state index is 14.2. The van der Waals surface area contributed by atoms with Crippen LogP contribution in [0.1, 0.15) is 77.5 Å². The van der Waals surface area contributed by atoms with Gasteiger partial charge in [0.1, 0.15) is 5.78 Å². The van der Waals surface area contributed by atoms with Crippen LogP contribution in [-0.2, 0) is 17.8 Å². The van der Waals surface area contributed by atoms with E-state index in [4.69, 9.17) is 0 Å². The first-order valence-electron chi connectivity index (χ1n) is 13.0. The first-order chi connectivity index (χ1) is 15.6. The van der Waals surface area contributed by atoms with Crippen LogP contribution >= 0.6 is 0 Å². The molecule has 2 aromatic carbocycles. The Bertz CT molecular complexity index is 948. The first-order valence-corrected chi connectivity index (χ1v) is 13.0. The molecule has 178 valence electrons. The zero-order valence-corrected chi connectivity index (χ0v) is 21.7. The lowest BCUT2D eigenvalue weighted by Crippen LogP contribution is -2.57. The van der Waals surface area contributed by atoms with Crippen LogP contribution in [0.4, 0.5) is 0 Å². The largest absolute Gasteiger partial charge is 0.299 e. The second-order valence-electron chi connectivity index (χ2n) is 11.7. The van der Waals surface area contributed by atoms with E-state index in [0.717, 1.165) is 19.4 Å². The Balaban J connectivity index is 1.59. The Morgan fingerprint density at radius 1 is 0.939 bits per heavy atom. The molecule has 0 radical (unpaired) electrons. The molecule has 2 nitrogen and oxygen atoms in total. The van der Waals surface area contributed by atoms with Crippen LogP contribution in [-0.4, -0.2) is 22.8 Å². The molecule has 0 N–H and O–H groups in total. The fourth-order valence-electron chi connectivity index (χ4n) is 7.15. The van der Waals surface area contributed by atoms with Gasteiger partial charge in [-0.3, -0.25) is 9.69 Å². The lowest BCUT2D eigenvalue weighted by atomic mass is 9.59. The third-order valence-electron chi connectivity index (χ3n) is 9.49. The number of carbonyl (C=O) groups is 1. The van der Waals surface area contributed by atoms with Crippen LogP contribution in [0, 0.1) is 29.1 Å². The summed E-state index contributed by atoms with van der Waals surface area (Å²) in [6.07, 6.45) is 2.17. The minimum atomic E-state index is 0.00445. The first kappa shape index (κ1) is 24.2. The fraction of sp³-hybridized carbons (Fsp3) is 0.581.